The van der Waals surface area contributed by atoms with Gasteiger partial charge in [-0.3, -0.25) is 4.55 Å². The highest BCUT2D eigenvalue weighted by Crippen LogP contribution is 2.21. The van der Waals surface area contributed by atoms with E-state index in [1.807, 2.05) is 0 Å². The molecule has 14 heavy (non-hydrogen) atoms. The van der Waals surface area contributed by atoms with Crippen molar-refractivity contribution in [2.24, 2.45) is 0 Å². The maximum Gasteiger partial charge on any atom is 0.337 e. The molecule has 0 aromatic heterocycles. The summed E-state index contributed by atoms with van der Waals surface area (Å²) < 4.78 is 30.1. The van der Waals surface area contributed by atoms with E-state index >= 15 is 0 Å². The Morgan fingerprint density at radius 2 is 1.93 bits per heavy atom. The molecule has 0 spiro atoms. The molecule has 1 rings (SSSR count). The van der Waals surface area contributed by atoms with Crippen LogP contribution in [0.4, 0.5) is 5.69 Å². The molecule has 1 aromatic carbocycles. The van der Waals surface area contributed by atoms with E-state index in [9.17, 15) is 13.2 Å². The van der Waals surface area contributed by atoms with Crippen LogP contribution in [0, 0.1) is 0 Å². The van der Waals surface area contributed by atoms with E-state index in [2.05, 4.69) is 0 Å². The zero-order valence-electron chi connectivity index (χ0n) is 6.84. The number of aromatic carboxylic acids is 1. The second-order valence-electron chi connectivity index (χ2n) is 2.50. The lowest BCUT2D eigenvalue weighted by Crippen LogP contribution is -2.08. The minimum Gasteiger partial charge on any atom is -0.478 e. The molecule has 0 aliphatic carbocycles. The average molecular weight is 217 g/mol. The van der Waals surface area contributed by atoms with E-state index in [1.165, 1.54) is 6.07 Å². The van der Waals surface area contributed by atoms with Crippen LogP contribution in [0.25, 0.3) is 0 Å². The molecular formula is C7H7NO5S. The lowest BCUT2D eigenvalue weighted by Gasteiger charge is -2.04. The Kier molecular flexibility index (Phi) is 2.45. The van der Waals surface area contributed by atoms with Gasteiger partial charge in [-0.15, -0.1) is 0 Å². The van der Waals surface area contributed by atoms with E-state index in [-0.39, 0.29) is 5.56 Å². The molecule has 0 radical (unpaired) electrons. The number of anilines is 1. The van der Waals surface area contributed by atoms with Crippen molar-refractivity contribution in [3.63, 3.8) is 0 Å². The van der Waals surface area contributed by atoms with Gasteiger partial charge in [-0.1, -0.05) is 6.07 Å². The van der Waals surface area contributed by atoms with Crippen molar-refractivity contribution in [2.75, 3.05) is 5.73 Å². The highest BCUT2D eigenvalue weighted by molar-refractivity contribution is 7.86. The molecule has 7 heteroatoms. The number of carboxylic acid groups (broad SMARTS) is 1. The Hall–Kier alpha value is -1.60. The Labute approximate surface area is 79.7 Å². The van der Waals surface area contributed by atoms with Crippen LogP contribution in [0.2, 0.25) is 0 Å². The number of hydrogen-bond acceptors (Lipinski definition) is 4. The number of benzene rings is 1. The second-order valence-corrected chi connectivity index (χ2v) is 3.89. The maximum atomic E-state index is 10.7. The van der Waals surface area contributed by atoms with Gasteiger partial charge in [-0.2, -0.15) is 8.42 Å². The van der Waals surface area contributed by atoms with Crippen LogP contribution >= 0.6 is 0 Å². The number of nitrogen functional groups attached to an aromatic ring is 1. The monoisotopic (exact) mass is 217 g/mol. The van der Waals surface area contributed by atoms with Crippen LogP contribution < -0.4 is 5.73 Å². The molecule has 0 unspecified atom stereocenters. The van der Waals surface area contributed by atoms with Crippen molar-refractivity contribution in [1.29, 1.82) is 0 Å². The lowest BCUT2D eigenvalue weighted by molar-refractivity contribution is 0.0698. The first-order valence-electron chi connectivity index (χ1n) is 3.43. The highest BCUT2D eigenvalue weighted by atomic mass is 32.2. The summed E-state index contributed by atoms with van der Waals surface area (Å²) in [6, 6.07) is 3.35. The number of carbonyl (C=O) groups is 1. The van der Waals surface area contributed by atoms with Gasteiger partial charge in [-0.25, -0.2) is 4.79 Å². The van der Waals surface area contributed by atoms with Crippen molar-refractivity contribution < 1.29 is 22.9 Å². The number of nitrogens with two attached hydrogens (primary N) is 1. The summed E-state index contributed by atoms with van der Waals surface area (Å²) in [5.74, 6) is -1.35. The molecule has 0 aliphatic heterocycles. The van der Waals surface area contributed by atoms with E-state index in [0.717, 1.165) is 12.1 Å². The van der Waals surface area contributed by atoms with Crippen molar-refractivity contribution >= 4 is 21.8 Å². The minimum absolute atomic E-state index is 0.361. The molecule has 0 amide bonds. The summed E-state index contributed by atoms with van der Waals surface area (Å²) in [6.45, 7) is 0. The van der Waals surface area contributed by atoms with Crippen molar-refractivity contribution in [3.8, 4) is 0 Å². The molecule has 0 fully saturated rings. The topological polar surface area (TPSA) is 118 Å². The van der Waals surface area contributed by atoms with Gasteiger partial charge in [0.1, 0.15) is 4.90 Å². The summed E-state index contributed by atoms with van der Waals surface area (Å²) in [4.78, 5) is 9.94. The van der Waals surface area contributed by atoms with Gasteiger partial charge in [0.25, 0.3) is 10.1 Å². The van der Waals surface area contributed by atoms with Crippen LogP contribution in [-0.4, -0.2) is 24.0 Å². The average Bonchev–Trinajstić information content (AvgIpc) is 2.01. The SMILES string of the molecule is Nc1c(C(=O)O)cccc1S(=O)(=O)O. The van der Waals surface area contributed by atoms with Crippen molar-refractivity contribution in [1.82, 2.24) is 0 Å². The zero-order chi connectivity index (χ0) is 10.9. The Morgan fingerprint density at radius 3 is 2.36 bits per heavy atom. The highest BCUT2D eigenvalue weighted by Gasteiger charge is 2.18. The van der Waals surface area contributed by atoms with Crippen LogP contribution in [0.5, 0.6) is 0 Å². The Bertz CT molecular complexity index is 479. The first-order valence-corrected chi connectivity index (χ1v) is 4.87. The van der Waals surface area contributed by atoms with E-state index in [4.69, 9.17) is 15.4 Å². The smallest absolute Gasteiger partial charge is 0.337 e. The van der Waals surface area contributed by atoms with Gasteiger partial charge in [0, 0.05) is 0 Å². The van der Waals surface area contributed by atoms with Gasteiger partial charge in [0.15, 0.2) is 0 Å². The molecule has 0 saturated carbocycles. The largest absolute Gasteiger partial charge is 0.478 e. The number of carboxylic acids is 1. The summed E-state index contributed by atoms with van der Waals surface area (Å²) in [5.41, 5.74) is 4.42. The summed E-state index contributed by atoms with van der Waals surface area (Å²) >= 11 is 0. The van der Waals surface area contributed by atoms with Crippen molar-refractivity contribution in [2.45, 2.75) is 4.90 Å². The Morgan fingerprint density at radius 1 is 1.36 bits per heavy atom. The van der Waals surface area contributed by atoms with Crippen LogP contribution in [-0.2, 0) is 10.1 Å². The Balaban J connectivity index is 3.51. The molecular weight excluding hydrogens is 210 g/mol. The fraction of sp³-hybridized carbons (Fsp3) is 0. The second kappa shape index (κ2) is 3.28. The molecule has 0 atom stereocenters. The molecule has 1 aromatic rings. The lowest BCUT2D eigenvalue weighted by atomic mass is 10.2. The number of rotatable bonds is 2. The third kappa shape index (κ3) is 1.83. The molecule has 4 N–H and O–H groups in total. The van der Waals surface area contributed by atoms with Crippen LogP contribution in [0.1, 0.15) is 10.4 Å². The first kappa shape index (κ1) is 10.5. The normalized spacial score (nSPS) is 11.2. The van der Waals surface area contributed by atoms with Gasteiger partial charge in [0.05, 0.1) is 11.3 Å². The fourth-order valence-corrected chi connectivity index (χ4v) is 1.59. The van der Waals surface area contributed by atoms with E-state index < -0.39 is 26.7 Å². The number of hydrogen-bond donors (Lipinski definition) is 3. The summed E-state index contributed by atoms with van der Waals surface area (Å²) in [5, 5.41) is 8.60. The summed E-state index contributed by atoms with van der Waals surface area (Å²) in [7, 11) is -4.48. The molecule has 76 valence electrons. The van der Waals surface area contributed by atoms with E-state index in [1.54, 1.807) is 0 Å². The minimum atomic E-state index is -4.48. The molecule has 0 bridgehead atoms. The van der Waals surface area contributed by atoms with E-state index in [0.29, 0.717) is 0 Å². The third-order valence-corrected chi connectivity index (χ3v) is 2.49. The molecule has 0 aliphatic rings. The van der Waals surface area contributed by atoms with Gasteiger partial charge in [-0.05, 0) is 12.1 Å². The number of para-hydroxylation sites is 1. The first-order chi connectivity index (χ1) is 6.34. The molecule has 0 saturated heterocycles. The van der Waals surface area contributed by atoms with Gasteiger partial charge < -0.3 is 10.8 Å². The fourth-order valence-electron chi connectivity index (χ4n) is 0.955. The predicted octanol–water partition coefficient (Wildman–Crippen LogP) is 0.214. The maximum absolute atomic E-state index is 10.7. The molecule has 6 nitrogen and oxygen atoms in total. The van der Waals surface area contributed by atoms with Gasteiger partial charge >= 0.3 is 5.97 Å². The predicted molar refractivity (Wildman–Crippen MR) is 47.6 cm³/mol. The standard InChI is InChI=1S/C7H7NO5S/c8-6-4(7(9)10)2-1-3-5(6)14(11,12)13/h1-3H,8H2,(H,9,10)(H,11,12,13). The zero-order valence-corrected chi connectivity index (χ0v) is 7.65. The molecule has 0 heterocycles. The van der Waals surface area contributed by atoms with Crippen LogP contribution in [0.3, 0.4) is 0 Å². The summed E-state index contributed by atoms with van der Waals surface area (Å²) in [6.07, 6.45) is 0. The third-order valence-electron chi connectivity index (χ3n) is 1.57. The quantitative estimate of drug-likeness (QED) is 0.481. The van der Waals surface area contributed by atoms with Gasteiger partial charge in [0.2, 0.25) is 0 Å². The van der Waals surface area contributed by atoms with Crippen LogP contribution in [0.15, 0.2) is 23.1 Å². The van der Waals surface area contributed by atoms with Crippen molar-refractivity contribution in [3.05, 3.63) is 23.8 Å².